The molecule has 140 valence electrons. The van der Waals surface area contributed by atoms with Crippen LogP contribution in [0.15, 0.2) is 42.5 Å². The Morgan fingerprint density at radius 1 is 1.15 bits per heavy atom. The van der Waals surface area contributed by atoms with Crippen LogP contribution in [-0.2, 0) is 11.3 Å². The van der Waals surface area contributed by atoms with Gasteiger partial charge in [-0.1, -0.05) is 53.5 Å². The number of aliphatic hydroxyl groups is 2. The highest BCUT2D eigenvalue weighted by molar-refractivity contribution is 6.38. The van der Waals surface area contributed by atoms with Crippen LogP contribution < -0.4 is 11.1 Å². The van der Waals surface area contributed by atoms with Gasteiger partial charge in [-0.25, -0.2) is 4.79 Å². The second-order valence-corrected chi connectivity index (χ2v) is 6.50. The van der Waals surface area contributed by atoms with E-state index in [4.69, 9.17) is 33.7 Å². The van der Waals surface area contributed by atoms with Gasteiger partial charge >= 0.3 is 6.09 Å². The lowest BCUT2D eigenvalue weighted by molar-refractivity contribution is 0.0136. The number of carbonyl (C=O) groups is 1. The average Bonchev–Trinajstić information content (AvgIpc) is 2.64. The zero-order valence-electron chi connectivity index (χ0n) is 13.9. The number of nitrogens with one attached hydrogen (secondary N) is 1. The summed E-state index contributed by atoms with van der Waals surface area (Å²) >= 11 is 11.8. The maximum absolute atomic E-state index is 11.6. The van der Waals surface area contributed by atoms with E-state index in [1.165, 1.54) is 12.1 Å². The van der Waals surface area contributed by atoms with Gasteiger partial charge in [-0.3, -0.25) is 0 Å². The van der Waals surface area contributed by atoms with Gasteiger partial charge in [0.05, 0.1) is 21.8 Å². The summed E-state index contributed by atoms with van der Waals surface area (Å²) in [5.41, 5.74) is 7.06. The molecular formula is C18H20Cl2N2O4. The number of rotatable bonds is 7. The Kier molecular flexibility index (Phi) is 7.53. The molecule has 0 bridgehead atoms. The molecule has 0 aromatic heterocycles. The van der Waals surface area contributed by atoms with Gasteiger partial charge in [0.15, 0.2) is 0 Å². The number of carbonyl (C=O) groups excluding carboxylic acids is 1. The number of nitrogens with two attached hydrogens (primary N) is 1. The van der Waals surface area contributed by atoms with Gasteiger partial charge < -0.3 is 26.0 Å². The number of benzene rings is 2. The summed E-state index contributed by atoms with van der Waals surface area (Å²) < 4.78 is 5.06. The number of nitrogen functional groups attached to an aromatic ring is 1. The second kappa shape index (κ2) is 9.64. The number of hydrogen-bond donors (Lipinski definition) is 4. The van der Waals surface area contributed by atoms with Crippen molar-refractivity contribution in [2.75, 3.05) is 12.3 Å². The Hall–Kier alpha value is -1.99. The topological polar surface area (TPSA) is 105 Å². The van der Waals surface area contributed by atoms with Crippen LogP contribution in [0.25, 0.3) is 0 Å². The molecule has 26 heavy (non-hydrogen) atoms. The van der Waals surface area contributed by atoms with Crippen LogP contribution in [0.4, 0.5) is 10.5 Å². The molecule has 0 radical (unpaired) electrons. The highest BCUT2D eigenvalue weighted by Crippen LogP contribution is 2.32. The maximum atomic E-state index is 11.6. The molecule has 0 aliphatic rings. The monoisotopic (exact) mass is 398 g/mol. The summed E-state index contributed by atoms with van der Waals surface area (Å²) in [6.45, 7) is 0.280. The molecule has 0 spiro atoms. The minimum absolute atomic E-state index is 0.112. The third kappa shape index (κ3) is 5.78. The third-order valence-corrected chi connectivity index (χ3v) is 4.35. The van der Waals surface area contributed by atoms with E-state index in [0.717, 1.165) is 5.56 Å². The zero-order chi connectivity index (χ0) is 19.1. The van der Waals surface area contributed by atoms with Gasteiger partial charge in [0.25, 0.3) is 0 Å². The first-order valence-electron chi connectivity index (χ1n) is 7.93. The van der Waals surface area contributed by atoms with Gasteiger partial charge in [0.2, 0.25) is 0 Å². The van der Waals surface area contributed by atoms with Gasteiger partial charge in [-0.15, -0.1) is 0 Å². The van der Waals surface area contributed by atoms with Crippen LogP contribution >= 0.6 is 23.2 Å². The largest absolute Gasteiger partial charge is 0.445 e. The number of amides is 1. The van der Waals surface area contributed by atoms with E-state index in [-0.39, 0.29) is 35.3 Å². The molecule has 0 heterocycles. The molecule has 0 saturated carbocycles. The van der Waals surface area contributed by atoms with Crippen molar-refractivity contribution in [1.82, 2.24) is 5.32 Å². The molecular weight excluding hydrogens is 379 g/mol. The Labute approximate surface area is 161 Å². The summed E-state index contributed by atoms with van der Waals surface area (Å²) in [7, 11) is 0. The fourth-order valence-corrected chi connectivity index (χ4v) is 2.75. The molecule has 8 heteroatoms. The van der Waals surface area contributed by atoms with E-state index in [1.807, 2.05) is 30.3 Å². The van der Waals surface area contributed by atoms with E-state index in [9.17, 15) is 15.0 Å². The lowest BCUT2D eigenvalue weighted by Gasteiger charge is -2.19. The van der Waals surface area contributed by atoms with Crippen LogP contribution in [0, 0.1) is 0 Å². The fourth-order valence-electron chi connectivity index (χ4n) is 2.25. The molecule has 2 aromatic rings. The van der Waals surface area contributed by atoms with E-state index >= 15 is 0 Å². The second-order valence-electron chi connectivity index (χ2n) is 5.69. The highest BCUT2D eigenvalue weighted by Gasteiger charge is 2.20. The minimum Gasteiger partial charge on any atom is -0.445 e. The Morgan fingerprint density at radius 3 is 2.38 bits per heavy atom. The highest BCUT2D eigenvalue weighted by atomic mass is 35.5. The van der Waals surface area contributed by atoms with Crippen molar-refractivity contribution in [2.45, 2.75) is 25.2 Å². The first-order chi connectivity index (χ1) is 12.4. The number of hydrogen-bond acceptors (Lipinski definition) is 5. The Morgan fingerprint density at radius 2 is 1.77 bits per heavy atom. The number of alkyl carbamates (subject to hydrolysis) is 1. The van der Waals surface area contributed by atoms with E-state index < -0.39 is 18.3 Å². The molecule has 2 atom stereocenters. The molecule has 2 unspecified atom stereocenters. The smallest absolute Gasteiger partial charge is 0.407 e. The molecule has 6 nitrogen and oxygen atoms in total. The van der Waals surface area contributed by atoms with Crippen LogP contribution in [0.5, 0.6) is 0 Å². The van der Waals surface area contributed by atoms with Crippen molar-refractivity contribution >= 4 is 35.0 Å². The fraction of sp³-hybridized carbons (Fsp3) is 0.278. The minimum atomic E-state index is -1.22. The van der Waals surface area contributed by atoms with Crippen LogP contribution in [0.2, 0.25) is 10.0 Å². The van der Waals surface area contributed by atoms with Crippen molar-refractivity contribution < 1.29 is 19.7 Å². The van der Waals surface area contributed by atoms with Crippen molar-refractivity contribution in [2.24, 2.45) is 0 Å². The lowest BCUT2D eigenvalue weighted by atomic mass is 10.0. The molecule has 2 rings (SSSR count). The SMILES string of the molecule is Nc1c(Cl)cc(C(O)C(O)CCNC(=O)OCc2ccccc2)cc1Cl. The molecule has 5 N–H and O–H groups in total. The number of anilines is 1. The first kappa shape index (κ1) is 20.3. The third-order valence-electron chi connectivity index (χ3n) is 3.73. The quantitative estimate of drug-likeness (QED) is 0.535. The number of ether oxygens (including phenoxy) is 1. The first-order valence-corrected chi connectivity index (χ1v) is 8.69. The van der Waals surface area contributed by atoms with Crippen molar-refractivity contribution in [3.63, 3.8) is 0 Å². The zero-order valence-corrected chi connectivity index (χ0v) is 15.4. The van der Waals surface area contributed by atoms with E-state index in [2.05, 4.69) is 5.32 Å². The molecule has 2 aromatic carbocycles. The summed E-state index contributed by atoms with van der Waals surface area (Å²) in [6.07, 6.45) is -2.83. The summed E-state index contributed by atoms with van der Waals surface area (Å²) in [4.78, 5) is 11.6. The van der Waals surface area contributed by atoms with Gasteiger partial charge in [-0.05, 0) is 29.7 Å². The van der Waals surface area contributed by atoms with E-state index in [0.29, 0.717) is 5.56 Å². The molecule has 0 aliphatic heterocycles. The van der Waals surface area contributed by atoms with Crippen molar-refractivity contribution in [1.29, 1.82) is 0 Å². The Bertz CT molecular complexity index is 720. The number of aliphatic hydroxyl groups excluding tert-OH is 2. The van der Waals surface area contributed by atoms with Crippen LogP contribution in [-0.4, -0.2) is 29.0 Å². The Balaban J connectivity index is 1.77. The standard InChI is InChI=1S/C18H20Cl2N2O4/c19-13-8-12(9-14(20)16(13)21)17(24)15(23)6-7-22-18(25)26-10-11-4-2-1-3-5-11/h1-5,8-9,15,17,23-24H,6-7,10,21H2,(H,22,25). The molecule has 0 aliphatic carbocycles. The maximum Gasteiger partial charge on any atom is 0.407 e. The number of halogens is 2. The van der Waals surface area contributed by atoms with Gasteiger partial charge in [0.1, 0.15) is 12.7 Å². The van der Waals surface area contributed by atoms with Gasteiger partial charge in [0, 0.05) is 6.54 Å². The predicted octanol–water partition coefficient (Wildman–Crippen LogP) is 3.29. The van der Waals surface area contributed by atoms with Gasteiger partial charge in [-0.2, -0.15) is 0 Å². The normalized spacial score (nSPS) is 13.1. The van der Waals surface area contributed by atoms with E-state index in [1.54, 1.807) is 0 Å². The molecule has 1 amide bonds. The predicted molar refractivity (Wildman–Crippen MR) is 101 cm³/mol. The summed E-state index contributed by atoms with van der Waals surface area (Å²) in [6, 6.07) is 12.1. The van der Waals surface area contributed by atoms with Crippen LogP contribution in [0.1, 0.15) is 23.7 Å². The van der Waals surface area contributed by atoms with Crippen LogP contribution in [0.3, 0.4) is 0 Å². The summed E-state index contributed by atoms with van der Waals surface area (Å²) in [5, 5.41) is 23.2. The molecule has 0 saturated heterocycles. The lowest BCUT2D eigenvalue weighted by Crippen LogP contribution is -2.29. The van der Waals surface area contributed by atoms with Crippen molar-refractivity contribution in [3.8, 4) is 0 Å². The molecule has 0 fully saturated rings. The summed E-state index contributed by atoms with van der Waals surface area (Å²) in [5.74, 6) is 0. The van der Waals surface area contributed by atoms with Crippen molar-refractivity contribution in [3.05, 3.63) is 63.6 Å². The average molecular weight is 399 g/mol.